The summed E-state index contributed by atoms with van der Waals surface area (Å²) in [6.07, 6.45) is -0.188. The van der Waals surface area contributed by atoms with E-state index < -0.39 is 0 Å². The molecule has 5 heteroatoms. The lowest BCUT2D eigenvalue weighted by atomic mass is 10.2. The molecule has 110 valence electrons. The van der Waals surface area contributed by atoms with Crippen molar-refractivity contribution in [2.24, 2.45) is 0 Å². The molecular formula is C15H21NO2S2. The van der Waals surface area contributed by atoms with Gasteiger partial charge < -0.3 is 9.47 Å². The number of ether oxygens (including phenoxy) is 2. The highest BCUT2D eigenvalue weighted by molar-refractivity contribution is 7.11. The molecule has 2 rings (SSSR count). The lowest BCUT2D eigenvalue weighted by Crippen LogP contribution is -2.34. The first-order valence-electron chi connectivity index (χ1n) is 6.88. The molecule has 0 fully saturated rings. The zero-order chi connectivity index (χ0) is 14.2. The maximum atomic E-state index is 5.59. The van der Waals surface area contributed by atoms with E-state index in [4.69, 9.17) is 9.47 Å². The molecule has 2 aromatic heterocycles. The smallest absolute Gasteiger partial charge is 0.169 e. The van der Waals surface area contributed by atoms with Gasteiger partial charge in [-0.25, -0.2) is 0 Å². The van der Waals surface area contributed by atoms with Gasteiger partial charge >= 0.3 is 0 Å². The Balaban J connectivity index is 2.01. The molecule has 0 saturated heterocycles. The average Bonchev–Trinajstić information content (AvgIpc) is 3.13. The Labute approximate surface area is 128 Å². The molecule has 2 heterocycles. The minimum atomic E-state index is -0.188. The van der Waals surface area contributed by atoms with Crippen molar-refractivity contribution < 1.29 is 9.47 Å². The number of hydrogen-bond acceptors (Lipinski definition) is 5. The van der Waals surface area contributed by atoms with Gasteiger partial charge in [-0.15, -0.1) is 22.7 Å². The van der Waals surface area contributed by atoms with Crippen LogP contribution >= 0.6 is 22.7 Å². The summed E-state index contributed by atoms with van der Waals surface area (Å²) in [5.74, 6) is 0. The summed E-state index contributed by atoms with van der Waals surface area (Å²) in [6, 6.07) is 8.73. The maximum Gasteiger partial charge on any atom is 0.169 e. The van der Waals surface area contributed by atoms with Gasteiger partial charge in [0.05, 0.1) is 6.04 Å². The van der Waals surface area contributed by atoms with Gasteiger partial charge in [-0.3, -0.25) is 5.32 Å². The van der Waals surface area contributed by atoms with Crippen LogP contribution in [0.2, 0.25) is 0 Å². The molecule has 2 aromatic rings. The standard InChI is InChI=1S/C15H21NO2S2/c1-3-17-14(18-4-2)11-16-15(12-7-5-9-19-12)13-8-6-10-20-13/h5-10,14-16H,3-4,11H2,1-2H3. The average molecular weight is 311 g/mol. The first-order valence-corrected chi connectivity index (χ1v) is 8.64. The summed E-state index contributed by atoms with van der Waals surface area (Å²) in [7, 11) is 0. The van der Waals surface area contributed by atoms with Gasteiger partial charge in [-0.2, -0.15) is 0 Å². The molecule has 3 nitrogen and oxygen atoms in total. The third kappa shape index (κ3) is 4.40. The lowest BCUT2D eigenvalue weighted by Gasteiger charge is -2.21. The minimum Gasteiger partial charge on any atom is -0.352 e. The molecule has 0 aliphatic heterocycles. The largest absolute Gasteiger partial charge is 0.352 e. The molecule has 0 bridgehead atoms. The third-order valence-electron chi connectivity index (χ3n) is 2.85. The van der Waals surface area contributed by atoms with E-state index in [1.54, 1.807) is 22.7 Å². The summed E-state index contributed by atoms with van der Waals surface area (Å²) in [4.78, 5) is 2.64. The van der Waals surface area contributed by atoms with Crippen molar-refractivity contribution in [1.82, 2.24) is 5.32 Å². The van der Waals surface area contributed by atoms with Gasteiger partial charge in [0.25, 0.3) is 0 Å². The first kappa shape index (κ1) is 15.7. The number of nitrogens with one attached hydrogen (secondary N) is 1. The van der Waals surface area contributed by atoms with E-state index in [0.717, 1.165) is 0 Å². The molecule has 0 aliphatic carbocycles. The fraction of sp³-hybridized carbons (Fsp3) is 0.467. The van der Waals surface area contributed by atoms with E-state index in [1.165, 1.54) is 9.75 Å². The normalized spacial score (nSPS) is 11.6. The molecule has 0 radical (unpaired) electrons. The predicted molar refractivity (Wildman–Crippen MR) is 85.5 cm³/mol. The van der Waals surface area contributed by atoms with Crippen LogP contribution in [-0.4, -0.2) is 26.0 Å². The van der Waals surface area contributed by atoms with Crippen molar-refractivity contribution in [3.63, 3.8) is 0 Å². The van der Waals surface area contributed by atoms with Gasteiger partial charge in [0.1, 0.15) is 0 Å². The maximum absolute atomic E-state index is 5.59. The van der Waals surface area contributed by atoms with E-state index in [2.05, 4.69) is 40.3 Å². The van der Waals surface area contributed by atoms with Crippen LogP contribution in [0.4, 0.5) is 0 Å². The van der Waals surface area contributed by atoms with E-state index in [9.17, 15) is 0 Å². The molecule has 0 aromatic carbocycles. The molecule has 0 atom stereocenters. The number of rotatable bonds is 9. The van der Waals surface area contributed by atoms with Crippen molar-refractivity contribution in [2.45, 2.75) is 26.2 Å². The number of thiophene rings is 2. The topological polar surface area (TPSA) is 30.5 Å². The Morgan fingerprint density at radius 1 is 1.00 bits per heavy atom. The van der Waals surface area contributed by atoms with Gasteiger partial charge in [0, 0.05) is 29.5 Å². The number of hydrogen-bond donors (Lipinski definition) is 1. The van der Waals surface area contributed by atoms with E-state index in [-0.39, 0.29) is 12.3 Å². The van der Waals surface area contributed by atoms with Gasteiger partial charge in [-0.1, -0.05) is 12.1 Å². The molecule has 0 saturated carbocycles. The fourth-order valence-corrected chi connectivity index (χ4v) is 3.71. The Morgan fingerprint density at radius 3 is 1.95 bits per heavy atom. The zero-order valence-corrected chi connectivity index (χ0v) is 13.5. The second kappa shape index (κ2) is 8.54. The van der Waals surface area contributed by atoms with Crippen LogP contribution in [0.5, 0.6) is 0 Å². The van der Waals surface area contributed by atoms with Crippen molar-refractivity contribution in [3.05, 3.63) is 44.8 Å². The summed E-state index contributed by atoms with van der Waals surface area (Å²) < 4.78 is 11.2. The quantitative estimate of drug-likeness (QED) is 0.713. The fourth-order valence-electron chi connectivity index (χ4n) is 2.00. The van der Waals surface area contributed by atoms with E-state index in [1.807, 2.05) is 13.8 Å². The monoisotopic (exact) mass is 311 g/mol. The minimum absolute atomic E-state index is 0.188. The molecule has 0 spiro atoms. The van der Waals surface area contributed by atoms with Crippen LogP contribution in [0.15, 0.2) is 35.0 Å². The second-order valence-electron chi connectivity index (χ2n) is 4.21. The Morgan fingerprint density at radius 2 is 1.55 bits per heavy atom. The summed E-state index contributed by atoms with van der Waals surface area (Å²) in [5, 5.41) is 7.79. The van der Waals surface area contributed by atoms with Crippen molar-refractivity contribution in [3.8, 4) is 0 Å². The summed E-state index contributed by atoms with van der Waals surface area (Å²) in [6.45, 7) is 5.98. The third-order valence-corrected chi connectivity index (χ3v) is 4.72. The zero-order valence-electron chi connectivity index (χ0n) is 11.9. The second-order valence-corrected chi connectivity index (χ2v) is 6.17. The van der Waals surface area contributed by atoms with Crippen molar-refractivity contribution >= 4 is 22.7 Å². The molecular weight excluding hydrogens is 290 g/mol. The van der Waals surface area contributed by atoms with Gasteiger partial charge in [-0.05, 0) is 36.7 Å². The van der Waals surface area contributed by atoms with Gasteiger partial charge in [0.2, 0.25) is 0 Å². The van der Waals surface area contributed by atoms with Crippen LogP contribution in [0.1, 0.15) is 29.6 Å². The summed E-state index contributed by atoms with van der Waals surface area (Å²) >= 11 is 3.54. The van der Waals surface area contributed by atoms with Crippen molar-refractivity contribution in [2.75, 3.05) is 19.8 Å². The Bertz CT molecular complexity index is 416. The predicted octanol–water partition coefficient (Wildman–Crippen LogP) is 3.89. The van der Waals surface area contributed by atoms with Crippen LogP contribution < -0.4 is 5.32 Å². The van der Waals surface area contributed by atoms with Crippen LogP contribution in [0.25, 0.3) is 0 Å². The lowest BCUT2D eigenvalue weighted by molar-refractivity contribution is -0.133. The highest BCUT2D eigenvalue weighted by Crippen LogP contribution is 2.29. The molecule has 20 heavy (non-hydrogen) atoms. The molecule has 0 amide bonds. The highest BCUT2D eigenvalue weighted by atomic mass is 32.1. The van der Waals surface area contributed by atoms with Crippen LogP contribution in [-0.2, 0) is 9.47 Å². The van der Waals surface area contributed by atoms with E-state index >= 15 is 0 Å². The Hall–Kier alpha value is -0.720. The van der Waals surface area contributed by atoms with E-state index in [0.29, 0.717) is 19.8 Å². The molecule has 0 unspecified atom stereocenters. The Kier molecular flexibility index (Phi) is 6.69. The first-order chi connectivity index (χ1) is 9.85. The van der Waals surface area contributed by atoms with Crippen molar-refractivity contribution in [1.29, 1.82) is 0 Å². The van der Waals surface area contributed by atoms with Gasteiger partial charge in [0.15, 0.2) is 6.29 Å². The highest BCUT2D eigenvalue weighted by Gasteiger charge is 2.18. The summed E-state index contributed by atoms with van der Waals surface area (Å²) in [5.41, 5.74) is 0. The molecule has 0 aliphatic rings. The van der Waals surface area contributed by atoms with Crippen LogP contribution in [0, 0.1) is 0 Å². The van der Waals surface area contributed by atoms with Crippen LogP contribution in [0.3, 0.4) is 0 Å². The SMILES string of the molecule is CCOC(CNC(c1cccs1)c1cccs1)OCC. The molecule has 1 N–H and O–H groups in total.